The van der Waals surface area contributed by atoms with E-state index in [1.54, 1.807) is 18.2 Å². The molecule has 0 bridgehead atoms. The van der Waals surface area contributed by atoms with Gasteiger partial charge in [-0.1, -0.05) is 11.6 Å². The van der Waals surface area contributed by atoms with Gasteiger partial charge in [0.1, 0.15) is 5.78 Å². The fourth-order valence-corrected chi connectivity index (χ4v) is 2.42. The van der Waals surface area contributed by atoms with Crippen LogP contribution in [-0.2, 0) is 4.79 Å². The lowest BCUT2D eigenvalue weighted by Crippen LogP contribution is -2.10. The van der Waals surface area contributed by atoms with Crippen molar-refractivity contribution in [3.8, 4) is 0 Å². The Labute approximate surface area is 107 Å². The Hall–Kier alpha value is -0.670. The summed E-state index contributed by atoms with van der Waals surface area (Å²) in [6.45, 7) is 0. The molecule has 84 valence electrons. The highest BCUT2D eigenvalue weighted by Crippen LogP contribution is 2.32. The minimum atomic E-state index is -0.138. The Balaban J connectivity index is 2.10. The predicted octanol–water partition coefficient (Wildman–Crippen LogP) is 3.65. The van der Waals surface area contributed by atoms with Gasteiger partial charge >= 0.3 is 0 Å². The van der Waals surface area contributed by atoms with Crippen molar-refractivity contribution >= 4 is 39.1 Å². The lowest BCUT2D eigenvalue weighted by Gasteiger charge is -2.03. The molecule has 1 aromatic rings. The average molecular weight is 302 g/mol. The van der Waals surface area contributed by atoms with Gasteiger partial charge in [-0.25, -0.2) is 0 Å². The van der Waals surface area contributed by atoms with Gasteiger partial charge in [0.15, 0.2) is 5.78 Å². The number of carbonyl (C=O) groups excluding carboxylic acids is 2. The van der Waals surface area contributed by atoms with Crippen molar-refractivity contribution in [1.29, 1.82) is 0 Å². The van der Waals surface area contributed by atoms with E-state index in [-0.39, 0.29) is 23.9 Å². The minimum absolute atomic E-state index is 0.00486. The molecule has 1 aliphatic rings. The van der Waals surface area contributed by atoms with Gasteiger partial charge in [-0.3, -0.25) is 9.59 Å². The summed E-state index contributed by atoms with van der Waals surface area (Å²) in [6.07, 6.45) is 1.88. The quantitative estimate of drug-likeness (QED) is 0.628. The van der Waals surface area contributed by atoms with Crippen molar-refractivity contribution in [1.82, 2.24) is 0 Å². The van der Waals surface area contributed by atoms with Crippen LogP contribution in [0.1, 0.15) is 29.6 Å². The number of carbonyl (C=O) groups is 2. The van der Waals surface area contributed by atoms with Crippen molar-refractivity contribution in [2.75, 3.05) is 0 Å². The van der Waals surface area contributed by atoms with Crippen molar-refractivity contribution in [3.05, 3.63) is 33.3 Å². The number of rotatable bonds is 4. The first-order chi connectivity index (χ1) is 7.58. The fraction of sp³-hybridized carbons (Fsp3) is 0.333. The van der Waals surface area contributed by atoms with Crippen molar-refractivity contribution < 1.29 is 9.59 Å². The molecule has 0 heterocycles. The van der Waals surface area contributed by atoms with Crippen LogP contribution in [0.4, 0.5) is 0 Å². The first kappa shape index (κ1) is 11.8. The van der Waals surface area contributed by atoms with Crippen LogP contribution in [0.5, 0.6) is 0 Å². The summed E-state index contributed by atoms with van der Waals surface area (Å²) in [7, 11) is 0. The summed E-state index contributed by atoms with van der Waals surface area (Å²) in [6, 6.07) is 4.96. The minimum Gasteiger partial charge on any atom is -0.299 e. The summed E-state index contributed by atoms with van der Waals surface area (Å²) in [5.41, 5.74) is 0.526. The van der Waals surface area contributed by atoms with E-state index in [4.69, 9.17) is 11.6 Å². The molecule has 0 aromatic heterocycles. The van der Waals surface area contributed by atoms with Gasteiger partial charge in [-0.2, -0.15) is 0 Å². The van der Waals surface area contributed by atoms with E-state index in [1.165, 1.54) is 0 Å². The summed E-state index contributed by atoms with van der Waals surface area (Å²) >= 11 is 9.05. The van der Waals surface area contributed by atoms with E-state index < -0.39 is 0 Å². The lowest BCUT2D eigenvalue weighted by atomic mass is 10.0. The first-order valence-electron chi connectivity index (χ1n) is 5.09. The molecule has 4 heteroatoms. The molecule has 0 atom stereocenters. The molecular formula is C12H10BrClO2. The van der Waals surface area contributed by atoms with E-state index in [9.17, 15) is 9.59 Å². The third kappa shape index (κ3) is 2.71. The Morgan fingerprint density at radius 1 is 1.38 bits per heavy atom. The van der Waals surface area contributed by atoms with E-state index in [0.717, 1.165) is 12.8 Å². The summed E-state index contributed by atoms with van der Waals surface area (Å²) in [5.74, 6) is 0.0577. The standard InChI is InChI=1S/C12H10BrClO2/c13-10-5-8(14)3-4-9(10)12(16)6-11(15)7-1-2-7/h3-5,7H,1-2,6H2. The van der Waals surface area contributed by atoms with Crippen molar-refractivity contribution in [2.45, 2.75) is 19.3 Å². The summed E-state index contributed by atoms with van der Waals surface area (Å²) < 4.78 is 0.647. The molecule has 1 fully saturated rings. The van der Waals surface area contributed by atoms with Crippen LogP contribution >= 0.6 is 27.5 Å². The number of benzene rings is 1. The summed E-state index contributed by atoms with van der Waals surface area (Å²) in [5, 5.41) is 0.567. The van der Waals surface area contributed by atoms with Gasteiger partial charge in [0, 0.05) is 21.0 Å². The van der Waals surface area contributed by atoms with E-state index >= 15 is 0 Å². The molecule has 0 unspecified atom stereocenters. The normalized spacial score (nSPS) is 14.9. The molecular weight excluding hydrogens is 291 g/mol. The maximum atomic E-state index is 11.8. The van der Waals surface area contributed by atoms with Gasteiger partial charge in [0.2, 0.25) is 0 Å². The number of hydrogen-bond acceptors (Lipinski definition) is 2. The van der Waals surface area contributed by atoms with E-state index in [1.807, 2.05) is 0 Å². The van der Waals surface area contributed by atoms with Crippen molar-refractivity contribution in [2.24, 2.45) is 5.92 Å². The molecule has 2 rings (SSSR count). The second-order valence-corrected chi connectivity index (χ2v) is 5.26. The Bertz CT molecular complexity index is 452. The maximum Gasteiger partial charge on any atom is 0.171 e. The summed E-state index contributed by atoms with van der Waals surface area (Å²) in [4.78, 5) is 23.3. The number of ketones is 2. The molecule has 0 spiro atoms. The number of Topliss-reactive ketones (excluding diaryl/α,β-unsaturated/α-hetero) is 2. The predicted molar refractivity (Wildman–Crippen MR) is 65.8 cm³/mol. The zero-order chi connectivity index (χ0) is 11.7. The van der Waals surface area contributed by atoms with Crippen LogP contribution in [-0.4, -0.2) is 11.6 Å². The van der Waals surface area contributed by atoms with Gasteiger partial charge < -0.3 is 0 Å². The van der Waals surface area contributed by atoms with Crippen LogP contribution in [0.3, 0.4) is 0 Å². The van der Waals surface area contributed by atoms with Crippen LogP contribution in [0.2, 0.25) is 5.02 Å². The molecule has 1 saturated carbocycles. The van der Waals surface area contributed by atoms with Gasteiger partial charge in [0.05, 0.1) is 6.42 Å². The third-order valence-electron chi connectivity index (χ3n) is 2.60. The molecule has 16 heavy (non-hydrogen) atoms. The topological polar surface area (TPSA) is 34.1 Å². The molecule has 0 amide bonds. The average Bonchev–Trinajstić information content (AvgIpc) is 2.99. The number of halogens is 2. The van der Waals surface area contributed by atoms with Gasteiger partial charge in [0.25, 0.3) is 0 Å². The third-order valence-corrected chi connectivity index (χ3v) is 3.49. The molecule has 0 saturated heterocycles. The molecule has 1 aromatic carbocycles. The largest absolute Gasteiger partial charge is 0.299 e. The molecule has 0 aliphatic heterocycles. The monoisotopic (exact) mass is 300 g/mol. The highest BCUT2D eigenvalue weighted by molar-refractivity contribution is 9.10. The fourth-order valence-electron chi connectivity index (χ4n) is 1.52. The van der Waals surface area contributed by atoms with Crippen molar-refractivity contribution in [3.63, 3.8) is 0 Å². The van der Waals surface area contributed by atoms with Crippen LogP contribution in [0.25, 0.3) is 0 Å². The zero-order valence-corrected chi connectivity index (χ0v) is 10.8. The second kappa shape index (κ2) is 4.68. The van der Waals surface area contributed by atoms with Crippen LogP contribution in [0, 0.1) is 5.92 Å². The highest BCUT2D eigenvalue weighted by atomic mass is 79.9. The van der Waals surface area contributed by atoms with Crippen LogP contribution < -0.4 is 0 Å². The smallest absolute Gasteiger partial charge is 0.171 e. The Kier molecular flexibility index (Phi) is 3.45. The Morgan fingerprint density at radius 3 is 2.62 bits per heavy atom. The molecule has 0 radical (unpaired) electrons. The maximum absolute atomic E-state index is 11.8. The van der Waals surface area contributed by atoms with Crippen LogP contribution in [0.15, 0.2) is 22.7 Å². The molecule has 1 aliphatic carbocycles. The van der Waals surface area contributed by atoms with Gasteiger partial charge in [-0.05, 0) is 47.0 Å². The van der Waals surface area contributed by atoms with Gasteiger partial charge in [-0.15, -0.1) is 0 Å². The second-order valence-electron chi connectivity index (χ2n) is 3.96. The van der Waals surface area contributed by atoms with E-state index in [0.29, 0.717) is 15.1 Å². The Morgan fingerprint density at radius 2 is 2.06 bits per heavy atom. The highest BCUT2D eigenvalue weighted by Gasteiger charge is 2.31. The molecule has 0 N–H and O–H groups in total. The first-order valence-corrected chi connectivity index (χ1v) is 6.26. The SMILES string of the molecule is O=C(CC(=O)C1CC1)c1ccc(Cl)cc1Br. The number of hydrogen-bond donors (Lipinski definition) is 0. The lowest BCUT2D eigenvalue weighted by molar-refractivity contribution is -0.119. The molecule has 2 nitrogen and oxygen atoms in total. The van der Waals surface area contributed by atoms with E-state index in [2.05, 4.69) is 15.9 Å². The zero-order valence-electron chi connectivity index (χ0n) is 8.50.